The third-order valence-electron chi connectivity index (χ3n) is 10.6. The van der Waals surface area contributed by atoms with Crippen LogP contribution in [0.2, 0.25) is 0 Å². The molecule has 9 aromatic rings. The van der Waals surface area contributed by atoms with Gasteiger partial charge in [0.25, 0.3) is 0 Å². The summed E-state index contributed by atoms with van der Waals surface area (Å²) in [6.45, 7) is 0.451. The van der Waals surface area contributed by atoms with Crippen molar-refractivity contribution in [3.8, 4) is 11.1 Å². The second-order valence-corrected chi connectivity index (χ2v) is 13.5. The van der Waals surface area contributed by atoms with E-state index in [9.17, 15) is 0 Å². The first kappa shape index (κ1) is 29.3. The molecule has 0 atom stereocenters. The molecule has 3 heteroatoms. The van der Waals surface area contributed by atoms with Crippen molar-refractivity contribution in [2.75, 3.05) is 0 Å². The lowest BCUT2D eigenvalue weighted by molar-refractivity contribution is 1.08. The monoisotopic (exact) mass is 651 g/mol. The Bertz CT molecular complexity index is 2930. The summed E-state index contributed by atoms with van der Waals surface area (Å²) in [7, 11) is 0. The van der Waals surface area contributed by atoms with Crippen LogP contribution in [0.4, 0.5) is 0 Å². The molecule has 1 aliphatic rings. The van der Waals surface area contributed by atoms with Gasteiger partial charge in [0.15, 0.2) is 5.84 Å². The van der Waals surface area contributed by atoms with Gasteiger partial charge in [-0.25, -0.2) is 4.99 Å². The van der Waals surface area contributed by atoms with E-state index in [0.717, 1.165) is 28.3 Å². The van der Waals surface area contributed by atoms with Crippen molar-refractivity contribution in [1.29, 1.82) is 0 Å². The van der Waals surface area contributed by atoms with E-state index in [-0.39, 0.29) is 0 Å². The van der Waals surface area contributed by atoms with Gasteiger partial charge in [-0.1, -0.05) is 146 Å². The predicted octanol–water partition coefficient (Wildman–Crippen LogP) is 11.4. The van der Waals surface area contributed by atoms with Gasteiger partial charge >= 0.3 is 0 Å². The summed E-state index contributed by atoms with van der Waals surface area (Å²) in [5.41, 5.74) is 15.2. The van der Waals surface area contributed by atoms with Gasteiger partial charge in [0.05, 0.1) is 6.54 Å². The molecule has 0 unspecified atom stereocenters. The molecule has 1 aliphatic carbocycles. The number of aliphatic imine (C=N–C) groups is 2. The molecule has 2 N–H and O–H groups in total. The minimum absolute atomic E-state index is 0.442. The molecule has 0 heterocycles. The Morgan fingerprint density at radius 3 is 1.76 bits per heavy atom. The van der Waals surface area contributed by atoms with Crippen LogP contribution in [0.15, 0.2) is 174 Å². The largest absolute Gasteiger partial charge is 0.383 e. The molecule has 0 bridgehead atoms. The van der Waals surface area contributed by atoms with E-state index in [1.54, 1.807) is 0 Å². The fourth-order valence-corrected chi connectivity index (χ4v) is 8.17. The van der Waals surface area contributed by atoms with Crippen LogP contribution < -0.4 is 5.73 Å². The molecule has 0 aromatic heterocycles. The van der Waals surface area contributed by atoms with Crippen LogP contribution >= 0.6 is 0 Å². The molecule has 240 valence electrons. The second-order valence-electron chi connectivity index (χ2n) is 13.5. The Hall–Kier alpha value is -6.58. The number of hydrogen-bond donors (Lipinski definition) is 1. The summed E-state index contributed by atoms with van der Waals surface area (Å²) in [6.07, 6.45) is 0.907. The van der Waals surface area contributed by atoms with Gasteiger partial charge in [-0.15, -0.1) is 0 Å². The van der Waals surface area contributed by atoms with Gasteiger partial charge < -0.3 is 5.73 Å². The SMILES string of the molecule is NC(=NC(=NCc1c2c(cc3c4ccccc4c4ccccc4c13)Cc1ccccc1-2)c1ccc2ccccc2c1)c1ccc2ccccc2c1. The predicted molar refractivity (Wildman–Crippen MR) is 216 cm³/mol. The average molecular weight is 652 g/mol. The minimum Gasteiger partial charge on any atom is -0.383 e. The van der Waals surface area contributed by atoms with Gasteiger partial charge in [-0.2, -0.15) is 0 Å². The van der Waals surface area contributed by atoms with Crippen molar-refractivity contribution < 1.29 is 0 Å². The van der Waals surface area contributed by atoms with Crippen LogP contribution in [0, 0.1) is 0 Å². The standard InChI is InChI=1S/C48H33N3/c49-47(35-23-21-30-11-1-3-13-32(30)25-35)51-48(36-24-22-31-12-2-4-14-33(31)26-36)50-29-44-45-37(27-34-15-5-6-16-38(34)45)28-43-41-19-8-7-17-39(41)40-18-9-10-20-42(40)46(43)44/h1-26,28H,27,29H2,(H2,49,50,51). The van der Waals surface area contributed by atoms with Crippen LogP contribution in [0.5, 0.6) is 0 Å². The molecule has 0 spiro atoms. The number of nitrogens with zero attached hydrogens (tertiary/aromatic N) is 2. The molecular formula is C48H33N3. The summed E-state index contributed by atoms with van der Waals surface area (Å²) >= 11 is 0. The number of fused-ring (bicyclic) bond motifs is 11. The molecule has 0 saturated carbocycles. The summed E-state index contributed by atoms with van der Waals surface area (Å²) in [5, 5.41) is 12.2. The molecule has 0 amide bonds. The second kappa shape index (κ2) is 11.8. The van der Waals surface area contributed by atoms with E-state index < -0.39 is 0 Å². The van der Waals surface area contributed by atoms with Crippen molar-refractivity contribution in [2.45, 2.75) is 13.0 Å². The van der Waals surface area contributed by atoms with Crippen LogP contribution in [0.3, 0.4) is 0 Å². The van der Waals surface area contributed by atoms with Crippen LogP contribution in [0.1, 0.15) is 27.8 Å². The summed E-state index contributed by atoms with van der Waals surface area (Å²) in [4.78, 5) is 10.6. The number of hydrogen-bond acceptors (Lipinski definition) is 1. The minimum atomic E-state index is 0.442. The van der Waals surface area contributed by atoms with Crippen molar-refractivity contribution in [2.24, 2.45) is 15.7 Å². The number of nitrogens with two attached hydrogens (primary N) is 1. The summed E-state index contributed by atoms with van der Waals surface area (Å²) < 4.78 is 0. The van der Waals surface area contributed by atoms with E-state index in [0.29, 0.717) is 18.2 Å². The third-order valence-corrected chi connectivity index (χ3v) is 10.6. The summed E-state index contributed by atoms with van der Waals surface area (Å²) in [6, 6.07) is 58.3. The summed E-state index contributed by atoms with van der Waals surface area (Å²) in [5.74, 6) is 1.06. The number of rotatable bonds is 4. The smallest absolute Gasteiger partial charge is 0.157 e. The topological polar surface area (TPSA) is 50.7 Å². The Morgan fingerprint density at radius 2 is 1.04 bits per heavy atom. The zero-order valence-corrected chi connectivity index (χ0v) is 28.0. The highest BCUT2D eigenvalue weighted by molar-refractivity contribution is 6.27. The molecule has 51 heavy (non-hydrogen) atoms. The zero-order chi connectivity index (χ0) is 33.9. The van der Waals surface area contributed by atoms with E-state index in [1.165, 1.54) is 70.9 Å². The van der Waals surface area contributed by atoms with Crippen molar-refractivity contribution in [3.63, 3.8) is 0 Å². The maximum atomic E-state index is 6.86. The molecule has 0 fully saturated rings. The highest BCUT2D eigenvalue weighted by Gasteiger charge is 2.25. The molecule has 0 radical (unpaired) electrons. The van der Waals surface area contributed by atoms with Crippen LogP contribution in [0.25, 0.3) is 65.0 Å². The number of amidine groups is 2. The molecule has 9 aromatic carbocycles. The first-order valence-corrected chi connectivity index (χ1v) is 17.5. The Labute approximate surface area is 296 Å². The van der Waals surface area contributed by atoms with Gasteiger partial charge in [-0.3, -0.25) is 4.99 Å². The molecular weight excluding hydrogens is 619 g/mol. The van der Waals surface area contributed by atoms with Crippen LogP contribution in [-0.2, 0) is 13.0 Å². The fraction of sp³-hybridized carbons (Fsp3) is 0.0417. The lowest BCUT2D eigenvalue weighted by Crippen LogP contribution is -2.16. The van der Waals surface area contributed by atoms with Gasteiger partial charge in [0.1, 0.15) is 5.84 Å². The molecule has 10 rings (SSSR count). The quantitative estimate of drug-likeness (QED) is 0.115. The average Bonchev–Trinajstić information content (AvgIpc) is 3.57. The Morgan fingerprint density at radius 1 is 0.490 bits per heavy atom. The lowest BCUT2D eigenvalue weighted by atomic mass is 9.87. The maximum absolute atomic E-state index is 6.86. The van der Waals surface area contributed by atoms with Crippen molar-refractivity contribution >= 4 is 65.5 Å². The Balaban J connectivity index is 1.23. The van der Waals surface area contributed by atoms with Crippen LogP contribution in [-0.4, -0.2) is 11.7 Å². The lowest BCUT2D eigenvalue weighted by Gasteiger charge is -2.18. The van der Waals surface area contributed by atoms with Crippen molar-refractivity contribution in [1.82, 2.24) is 0 Å². The highest BCUT2D eigenvalue weighted by atomic mass is 15.0. The highest BCUT2D eigenvalue weighted by Crippen LogP contribution is 2.46. The first-order valence-electron chi connectivity index (χ1n) is 17.5. The molecule has 3 nitrogen and oxygen atoms in total. The first-order chi connectivity index (χ1) is 25.2. The van der Waals surface area contributed by atoms with E-state index in [4.69, 9.17) is 15.7 Å². The fourth-order valence-electron chi connectivity index (χ4n) is 8.17. The zero-order valence-electron chi connectivity index (χ0n) is 28.0. The van der Waals surface area contributed by atoms with E-state index >= 15 is 0 Å². The van der Waals surface area contributed by atoms with E-state index in [2.05, 4.69) is 158 Å². The normalized spacial score (nSPS) is 13.0. The van der Waals surface area contributed by atoms with E-state index in [1.807, 2.05) is 6.07 Å². The van der Waals surface area contributed by atoms with Crippen molar-refractivity contribution in [3.05, 3.63) is 192 Å². The molecule has 0 saturated heterocycles. The maximum Gasteiger partial charge on any atom is 0.157 e. The molecule has 0 aliphatic heterocycles. The third kappa shape index (κ3) is 4.89. The van der Waals surface area contributed by atoms with Gasteiger partial charge in [0.2, 0.25) is 0 Å². The Kier molecular flexibility index (Phi) is 6.78. The van der Waals surface area contributed by atoms with Gasteiger partial charge in [-0.05, 0) is 106 Å². The number of benzene rings is 9. The van der Waals surface area contributed by atoms with Gasteiger partial charge in [0, 0.05) is 11.1 Å².